The average molecular weight is 439 g/mol. The number of nitrogens with one attached hydrogen (secondary N) is 2. The van der Waals surface area contributed by atoms with Crippen LogP contribution in [0, 0.1) is 17.8 Å². The maximum Gasteiger partial charge on any atom is 0.223 e. The zero-order valence-electron chi connectivity index (χ0n) is 13.8. The lowest BCUT2D eigenvalue weighted by atomic mass is 9.88. The normalized spacial score (nSPS) is 21.2. The Balaban J connectivity index is 0.00000144. The Morgan fingerprint density at radius 2 is 2.17 bits per heavy atom. The van der Waals surface area contributed by atoms with Gasteiger partial charge in [0.25, 0.3) is 0 Å². The number of rotatable bonds is 5. The number of amides is 1. The molecule has 2 aliphatic heterocycles. The smallest absolute Gasteiger partial charge is 0.223 e. The van der Waals surface area contributed by atoms with E-state index in [4.69, 9.17) is 0 Å². The highest BCUT2D eigenvalue weighted by Crippen LogP contribution is 2.26. The summed E-state index contributed by atoms with van der Waals surface area (Å²) in [6.07, 6.45) is 1.14. The van der Waals surface area contributed by atoms with Gasteiger partial charge in [0, 0.05) is 35.7 Å². The Labute approximate surface area is 165 Å². The summed E-state index contributed by atoms with van der Waals surface area (Å²) in [5, 5.41) is 6.39. The quantitative estimate of drug-likeness (QED) is 0.742. The monoisotopic (exact) mass is 437 g/mol. The summed E-state index contributed by atoms with van der Waals surface area (Å²) in [4.78, 5) is 14.6. The van der Waals surface area contributed by atoms with E-state index in [-0.39, 0.29) is 36.6 Å². The number of anilines is 1. The van der Waals surface area contributed by atoms with Crippen LogP contribution in [-0.4, -0.2) is 38.6 Å². The lowest BCUT2D eigenvalue weighted by Crippen LogP contribution is -2.50. The lowest BCUT2D eigenvalue weighted by Gasteiger charge is -2.32. The van der Waals surface area contributed by atoms with E-state index in [2.05, 4.69) is 49.7 Å². The Morgan fingerprint density at radius 1 is 1.42 bits per heavy atom. The van der Waals surface area contributed by atoms with Gasteiger partial charge < -0.3 is 15.5 Å². The molecule has 7 heteroatoms. The molecule has 0 spiro atoms. The van der Waals surface area contributed by atoms with Gasteiger partial charge >= 0.3 is 0 Å². The number of halogens is 3. The van der Waals surface area contributed by atoms with Gasteiger partial charge in [0.1, 0.15) is 0 Å². The van der Waals surface area contributed by atoms with Crippen LogP contribution in [0.15, 0.2) is 28.7 Å². The van der Waals surface area contributed by atoms with Crippen LogP contribution in [0.3, 0.4) is 0 Å². The number of benzene rings is 1. The van der Waals surface area contributed by atoms with E-state index < -0.39 is 0 Å². The summed E-state index contributed by atoms with van der Waals surface area (Å²) in [6.45, 7) is 6.90. The van der Waals surface area contributed by atoms with Gasteiger partial charge in [-0.2, -0.15) is 0 Å². The Bertz CT molecular complexity index is 542. The summed E-state index contributed by atoms with van der Waals surface area (Å²) in [6, 6.07) is 8.43. The first-order valence-electron chi connectivity index (χ1n) is 8.12. The topological polar surface area (TPSA) is 44.4 Å². The van der Waals surface area contributed by atoms with E-state index in [1.807, 2.05) is 13.0 Å². The zero-order valence-corrected chi connectivity index (χ0v) is 17.1. The third-order valence-electron chi connectivity index (χ3n) is 4.96. The highest BCUT2D eigenvalue weighted by Gasteiger charge is 2.29. The molecular formula is C17H26BrCl2N3O. The number of carbonyl (C=O) groups is 1. The van der Waals surface area contributed by atoms with E-state index in [0.29, 0.717) is 11.8 Å². The predicted octanol–water partition coefficient (Wildman–Crippen LogP) is 3.09. The summed E-state index contributed by atoms with van der Waals surface area (Å²) in [5.74, 6) is 1.41. The third kappa shape index (κ3) is 5.25. The molecule has 2 saturated heterocycles. The Hall–Kier alpha value is -0.490. The molecule has 1 aromatic rings. The van der Waals surface area contributed by atoms with Crippen LogP contribution in [0.4, 0.5) is 5.69 Å². The van der Waals surface area contributed by atoms with Crippen LogP contribution in [0.1, 0.15) is 13.3 Å². The summed E-state index contributed by atoms with van der Waals surface area (Å²) < 4.78 is 1.12. The Kier molecular flexibility index (Phi) is 8.85. The molecule has 2 fully saturated rings. The summed E-state index contributed by atoms with van der Waals surface area (Å²) in [5.41, 5.74) is 1.26. The van der Waals surface area contributed by atoms with Crippen molar-refractivity contribution in [2.45, 2.75) is 13.3 Å². The van der Waals surface area contributed by atoms with Gasteiger partial charge in [0.2, 0.25) is 5.91 Å². The summed E-state index contributed by atoms with van der Waals surface area (Å²) >= 11 is 3.53. The maximum atomic E-state index is 12.2. The second-order valence-electron chi connectivity index (χ2n) is 6.53. The third-order valence-corrected chi connectivity index (χ3v) is 5.45. The zero-order chi connectivity index (χ0) is 15.5. The fourth-order valence-corrected chi connectivity index (χ4v) is 3.58. The first-order valence-corrected chi connectivity index (χ1v) is 8.91. The molecule has 2 atom stereocenters. The number of nitrogens with zero attached hydrogens (tertiary/aromatic N) is 1. The van der Waals surface area contributed by atoms with E-state index >= 15 is 0 Å². The summed E-state index contributed by atoms with van der Waals surface area (Å²) in [7, 11) is 0. The van der Waals surface area contributed by atoms with Crippen LogP contribution in [0.2, 0.25) is 0 Å². The van der Waals surface area contributed by atoms with Crippen LogP contribution in [0.25, 0.3) is 0 Å². The van der Waals surface area contributed by atoms with Crippen molar-refractivity contribution in [1.82, 2.24) is 10.6 Å². The van der Waals surface area contributed by atoms with Crippen molar-refractivity contribution in [2.24, 2.45) is 17.8 Å². The number of hydrogen-bond acceptors (Lipinski definition) is 3. The van der Waals surface area contributed by atoms with Crippen molar-refractivity contribution in [1.29, 1.82) is 0 Å². The molecule has 0 radical (unpaired) electrons. The number of hydrogen-bond donors (Lipinski definition) is 2. The van der Waals surface area contributed by atoms with E-state index in [9.17, 15) is 4.79 Å². The molecule has 2 N–H and O–H groups in total. The standard InChI is InChI=1S/C17H24BrN3O.2ClH/c1-12(14-9-19-10-14)17(22)20-8-13-5-6-21(11-13)16-4-2-3-15(18)7-16;;/h2-4,7,12-14,19H,5-6,8-11H2,1H3,(H,20,22);2*1H. The van der Waals surface area contributed by atoms with Gasteiger partial charge in [-0.15, -0.1) is 24.8 Å². The minimum absolute atomic E-state index is 0. The van der Waals surface area contributed by atoms with Crippen molar-refractivity contribution in [2.75, 3.05) is 37.6 Å². The second kappa shape index (κ2) is 9.85. The lowest BCUT2D eigenvalue weighted by molar-refractivity contribution is -0.126. The molecule has 0 aliphatic carbocycles. The molecule has 2 unspecified atom stereocenters. The molecular weight excluding hydrogens is 413 g/mol. The van der Waals surface area contributed by atoms with Crippen LogP contribution in [-0.2, 0) is 4.79 Å². The molecule has 1 aromatic carbocycles. The molecule has 0 saturated carbocycles. The average Bonchev–Trinajstić information content (AvgIpc) is 2.91. The molecule has 0 bridgehead atoms. The first-order chi connectivity index (χ1) is 10.6. The highest BCUT2D eigenvalue weighted by molar-refractivity contribution is 9.10. The molecule has 4 nitrogen and oxygen atoms in total. The largest absolute Gasteiger partial charge is 0.371 e. The van der Waals surface area contributed by atoms with Crippen LogP contribution >= 0.6 is 40.7 Å². The van der Waals surface area contributed by atoms with Crippen molar-refractivity contribution in [3.8, 4) is 0 Å². The highest BCUT2D eigenvalue weighted by atomic mass is 79.9. The van der Waals surface area contributed by atoms with Crippen molar-refractivity contribution >= 4 is 52.3 Å². The van der Waals surface area contributed by atoms with Gasteiger partial charge in [0.05, 0.1) is 0 Å². The van der Waals surface area contributed by atoms with Crippen molar-refractivity contribution in [3.05, 3.63) is 28.7 Å². The second-order valence-corrected chi connectivity index (χ2v) is 7.45. The van der Waals surface area contributed by atoms with Gasteiger partial charge in [0.15, 0.2) is 0 Å². The molecule has 0 aromatic heterocycles. The van der Waals surface area contributed by atoms with Crippen LogP contribution in [0.5, 0.6) is 0 Å². The van der Waals surface area contributed by atoms with Crippen molar-refractivity contribution in [3.63, 3.8) is 0 Å². The first kappa shape index (κ1) is 21.6. The van der Waals surface area contributed by atoms with Gasteiger partial charge in [-0.05, 0) is 49.5 Å². The SMILES string of the molecule is CC(C(=O)NCC1CCN(c2cccc(Br)c2)C1)C1CNC1.Cl.Cl. The van der Waals surface area contributed by atoms with Crippen LogP contribution < -0.4 is 15.5 Å². The molecule has 136 valence electrons. The minimum Gasteiger partial charge on any atom is -0.371 e. The molecule has 24 heavy (non-hydrogen) atoms. The fourth-order valence-electron chi connectivity index (χ4n) is 3.19. The van der Waals surface area contributed by atoms with E-state index in [1.165, 1.54) is 5.69 Å². The fraction of sp³-hybridized carbons (Fsp3) is 0.588. The molecule has 1 amide bonds. The molecule has 3 rings (SSSR count). The Morgan fingerprint density at radius 3 is 2.79 bits per heavy atom. The maximum absolute atomic E-state index is 12.2. The van der Waals surface area contributed by atoms with Gasteiger partial charge in [-0.1, -0.05) is 28.9 Å². The minimum atomic E-state index is 0. The van der Waals surface area contributed by atoms with Gasteiger partial charge in [-0.25, -0.2) is 0 Å². The van der Waals surface area contributed by atoms with E-state index in [1.54, 1.807) is 0 Å². The molecule has 2 heterocycles. The van der Waals surface area contributed by atoms with Gasteiger partial charge in [-0.3, -0.25) is 4.79 Å². The predicted molar refractivity (Wildman–Crippen MR) is 107 cm³/mol. The number of carbonyl (C=O) groups excluding carboxylic acids is 1. The molecule has 2 aliphatic rings. The van der Waals surface area contributed by atoms with Crippen molar-refractivity contribution < 1.29 is 4.79 Å². The van der Waals surface area contributed by atoms with E-state index in [0.717, 1.165) is 43.6 Å².